The van der Waals surface area contributed by atoms with Gasteiger partial charge in [0.15, 0.2) is 0 Å². The van der Waals surface area contributed by atoms with Crippen molar-refractivity contribution in [3.05, 3.63) is 150 Å². The lowest BCUT2D eigenvalue weighted by atomic mass is 9.80. The number of rotatable bonds is 5. The molecule has 0 amide bonds. The maximum Gasteiger partial charge on any atom is 0.114 e. The molecule has 0 N–H and O–H groups in total. The Morgan fingerprint density at radius 1 is 0.796 bits per heavy atom. The zero-order valence-electron chi connectivity index (χ0n) is 28.2. The number of hydrogen-bond donors (Lipinski definition) is 0. The largest absolute Gasteiger partial charge is 0.294 e. The van der Waals surface area contributed by atoms with E-state index < -0.39 is 10.8 Å². The topological polar surface area (TPSA) is 34.9 Å². The zero-order valence-corrected chi connectivity index (χ0v) is 29.0. The van der Waals surface area contributed by atoms with Crippen molar-refractivity contribution in [2.45, 2.75) is 49.3 Å². The number of aryl methyl sites for hydroxylation is 1. The summed E-state index contributed by atoms with van der Waals surface area (Å²) >= 11 is 0. The van der Waals surface area contributed by atoms with Gasteiger partial charge >= 0.3 is 0 Å². The van der Waals surface area contributed by atoms with E-state index in [-0.39, 0.29) is 5.41 Å². The highest BCUT2D eigenvalue weighted by Crippen LogP contribution is 2.51. The molecule has 4 heteroatoms. The van der Waals surface area contributed by atoms with Gasteiger partial charge in [-0.15, -0.1) is 0 Å². The first-order chi connectivity index (χ1) is 23.8. The molecule has 0 spiro atoms. The number of allylic oxidation sites excluding steroid dienone is 2. The fraction of sp³-hybridized carbons (Fsp3) is 0.133. The molecule has 1 aliphatic carbocycles. The molecule has 0 saturated heterocycles. The minimum atomic E-state index is -1.33. The predicted molar refractivity (Wildman–Crippen MR) is 205 cm³/mol. The Labute approximate surface area is 289 Å². The molecule has 0 bridgehead atoms. The quantitative estimate of drug-likeness (QED) is 0.173. The summed E-state index contributed by atoms with van der Waals surface area (Å²) in [5, 5.41) is 2.36. The maximum absolute atomic E-state index is 14.2. The summed E-state index contributed by atoms with van der Waals surface area (Å²) in [6, 6.07) is 37.0. The van der Waals surface area contributed by atoms with E-state index in [1.165, 1.54) is 49.7 Å². The first-order valence-electron chi connectivity index (χ1n) is 17.0. The monoisotopic (exact) mass is 652 g/mol. The zero-order chi connectivity index (χ0) is 33.6. The summed E-state index contributed by atoms with van der Waals surface area (Å²) < 4.78 is 16.5. The van der Waals surface area contributed by atoms with E-state index in [1.54, 1.807) is 0 Å². The van der Waals surface area contributed by atoms with Gasteiger partial charge in [0.25, 0.3) is 0 Å². The van der Waals surface area contributed by atoms with Gasteiger partial charge in [0.1, 0.15) is 5.82 Å². The summed E-state index contributed by atoms with van der Waals surface area (Å²) in [4.78, 5) is 6.55. The molecule has 7 aromatic rings. The molecule has 0 saturated carbocycles. The first-order valence-corrected chi connectivity index (χ1v) is 18.1. The summed E-state index contributed by atoms with van der Waals surface area (Å²) in [7, 11) is -1.33. The van der Waals surface area contributed by atoms with Crippen molar-refractivity contribution >= 4 is 38.7 Å². The third-order valence-corrected chi connectivity index (χ3v) is 12.2. The van der Waals surface area contributed by atoms with Gasteiger partial charge in [0, 0.05) is 11.8 Å². The highest BCUT2D eigenvalue weighted by atomic mass is 32.2. The molecule has 1 atom stereocenters. The third kappa shape index (κ3) is 4.14. The smallest absolute Gasteiger partial charge is 0.114 e. The Balaban J connectivity index is 1.29. The van der Waals surface area contributed by atoms with E-state index in [2.05, 4.69) is 130 Å². The second-order valence-electron chi connectivity index (χ2n) is 13.7. The van der Waals surface area contributed by atoms with Crippen LogP contribution in [0.5, 0.6) is 0 Å². The minimum Gasteiger partial charge on any atom is -0.294 e. The fourth-order valence-corrected chi connectivity index (χ4v) is 9.81. The third-order valence-electron chi connectivity index (χ3n) is 10.7. The van der Waals surface area contributed by atoms with Crippen molar-refractivity contribution in [1.82, 2.24) is 9.55 Å². The number of fused-ring (bicyclic) bond motifs is 6. The summed E-state index contributed by atoms with van der Waals surface area (Å²) in [5.74, 6) is 0.983. The van der Waals surface area contributed by atoms with Crippen LogP contribution in [0.4, 0.5) is 0 Å². The Morgan fingerprint density at radius 2 is 1.51 bits per heavy atom. The van der Waals surface area contributed by atoms with Crippen LogP contribution in [-0.4, -0.2) is 13.8 Å². The van der Waals surface area contributed by atoms with Crippen LogP contribution in [0.15, 0.2) is 132 Å². The van der Waals surface area contributed by atoms with Gasteiger partial charge in [-0.2, -0.15) is 0 Å². The molecule has 0 radical (unpaired) electrons. The van der Waals surface area contributed by atoms with Crippen molar-refractivity contribution in [1.29, 1.82) is 0 Å². The van der Waals surface area contributed by atoms with Crippen molar-refractivity contribution in [2.24, 2.45) is 0 Å². The molecule has 1 unspecified atom stereocenters. The molecular formula is C45H36N2OS. The van der Waals surface area contributed by atoms with Crippen LogP contribution in [0.2, 0.25) is 0 Å². The van der Waals surface area contributed by atoms with E-state index >= 15 is 0 Å². The number of para-hydroxylation sites is 1. The molecule has 0 fully saturated rings. The molecule has 1 aliphatic heterocycles. The van der Waals surface area contributed by atoms with Crippen LogP contribution in [-0.2, 0) is 22.6 Å². The number of hydrogen-bond acceptors (Lipinski definition) is 2. The Kier molecular flexibility index (Phi) is 6.59. The number of aromatic nitrogens is 2. The van der Waals surface area contributed by atoms with Crippen LogP contribution in [0.25, 0.3) is 66.9 Å². The van der Waals surface area contributed by atoms with Gasteiger partial charge in [-0.1, -0.05) is 118 Å². The molecule has 9 rings (SSSR count). The fourth-order valence-electron chi connectivity index (χ4n) is 8.42. The molecular weight excluding hydrogens is 617 g/mol. The van der Waals surface area contributed by atoms with E-state index in [0.29, 0.717) is 0 Å². The van der Waals surface area contributed by atoms with Crippen LogP contribution in [0.3, 0.4) is 0 Å². The molecule has 2 aliphatic rings. The molecule has 2 heterocycles. The number of nitrogens with zero attached hydrogens (tertiary/aromatic N) is 2. The standard InChI is InChI=1S/C45H36N2OS/c1-6-8-14-30-27(3)42(29-22-24-38-40(26-29)49(48)39-20-13-19-37-44(39)47(38)41(7-2)46-37)33-16-9-10-17-34(33)43(30)28-21-23-32-31-15-11-12-18-35(31)45(4,5)36(32)25-28/h6,8-26H,1,7H2,2-5H3/b14-8-. The van der Waals surface area contributed by atoms with Crippen molar-refractivity contribution in [3.63, 3.8) is 0 Å². The SMILES string of the molecule is C=C/C=C\c1c(C)c(-c2ccc3c(c2)S(=O)c2cccc4nc(CC)n-3c24)c2ccccc2c1-c1ccc2c(c1)C(C)(C)c1ccccc1-2. The highest BCUT2D eigenvalue weighted by molar-refractivity contribution is 7.85. The van der Waals surface area contributed by atoms with Crippen LogP contribution >= 0.6 is 0 Å². The van der Waals surface area contributed by atoms with E-state index in [0.717, 1.165) is 55.4 Å². The minimum absolute atomic E-state index is 0.0975. The first kappa shape index (κ1) is 29.8. The van der Waals surface area contributed by atoms with Crippen molar-refractivity contribution in [2.75, 3.05) is 0 Å². The maximum atomic E-state index is 14.2. The second-order valence-corrected chi connectivity index (χ2v) is 15.1. The van der Waals surface area contributed by atoms with Crippen molar-refractivity contribution in [3.8, 4) is 39.1 Å². The average molecular weight is 653 g/mol. The van der Waals surface area contributed by atoms with E-state index in [1.807, 2.05) is 30.4 Å². The molecule has 238 valence electrons. The van der Waals surface area contributed by atoms with Crippen LogP contribution in [0.1, 0.15) is 48.8 Å². The summed E-state index contributed by atoms with van der Waals surface area (Å²) in [5.41, 5.74) is 15.0. The van der Waals surface area contributed by atoms with E-state index in [9.17, 15) is 4.21 Å². The van der Waals surface area contributed by atoms with Crippen LogP contribution < -0.4 is 0 Å². The van der Waals surface area contributed by atoms with Gasteiger partial charge < -0.3 is 0 Å². The van der Waals surface area contributed by atoms with Gasteiger partial charge in [-0.3, -0.25) is 4.57 Å². The average Bonchev–Trinajstić information content (AvgIpc) is 3.62. The molecule has 6 aromatic carbocycles. The molecule has 1 aromatic heterocycles. The highest BCUT2D eigenvalue weighted by Gasteiger charge is 2.35. The second kappa shape index (κ2) is 10.8. The Hall–Kier alpha value is -5.32. The lowest BCUT2D eigenvalue weighted by molar-refractivity contribution is 0.660. The van der Waals surface area contributed by atoms with Gasteiger partial charge in [-0.05, 0) is 104 Å². The predicted octanol–water partition coefficient (Wildman–Crippen LogP) is 11.4. The lowest BCUT2D eigenvalue weighted by Crippen LogP contribution is -2.15. The summed E-state index contributed by atoms with van der Waals surface area (Å²) in [6.07, 6.45) is 6.87. The van der Waals surface area contributed by atoms with Crippen LogP contribution in [0, 0.1) is 6.92 Å². The lowest BCUT2D eigenvalue weighted by Gasteiger charge is -2.24. The molecule has 3 nitrogen and oxygen atoms in total. The summed E-state index contributed by atoms with van der Waals surface area (Å²) in [6.45, 7) is 13.0. The van der Waals surface area contributed by atoms with Crippen molar-refractivity contribution < 1.29 is 4.21 Å². The normalized spacial score (nSPS) is 15.5. The van der Waals surface area contributed by atoms with Gasteiger partial charge in [0.2, 0.25) is 0 Å². The molecule has 49 heavy (non-hydrogen) atoms. The number of imidazole rings is 1. The van der Waals surface area contributed by atoms with E-state index in [4.69, 9.17) is 4.98 Å². The Morgan fingerprint density at radius 3 is 2.31 bits per heavy atom. The van der Waals surface area contributed by atoms with Gasteiger partial charge in [-0.25, -0.2) is 9.19 Å². The van der Waals surface area contributed by atoms with Gasteiger partial charge in [0.05, 0.1) is 37.3 Å². The number of benzene rings is 6. The Bertz CT molecular complexity index is 2620.